The lowest BCUT2D eigenvalue weighted by atomic mass is 9.54. The van der Waals surface area contributed by atoms with Crippen LogP contribution in [0.5, 0.6) is 0 Å². The molecule has 0 bridgehead atoms. The first-order valence-corrected chi connectivity index (χ1v) is 14.7. The van der Waals surface area contributed by atoms with E-state index in [4.69, 9.17) is 18.6 Å². The van der Waals surface area contributed by atoms with Crippen LogP contribution in [-0.2, 0) is 18.6 Å². The molecule has 0 aromatic heterocycles. The second-order valence-electron chi connectivity index (χ2n) is 11.3. The Morgan fingerprint density at radius 2 is 1.86 bits per heavy atom. The van der Waals surface area contributed by atoms with Crippen LogP contribution in [0.4, 0.5) is 0 Å². The number of hydrogen-bond donors (Lipinski definition) is 0. The minimum absolute atomic E-state index is 0.0137. The van der Waals surface area contributed by atoms with Gasteiger partial charge in [-0.2, -0.15) is 0 Å². The molecule has 6 aliphatic rings. The highest BCUT2D eigenvalue weighted by Gasteiger charge is 2.79. The SMILES string of the molecule is C[C@]12CC=C3[C@@H](CCC45CC6(CC[C@]34O5)OCCO6)[C@@H]1CC=C2O[Si](C)(C)C. The Hall–Kier alpha value is -0.623. The summed E-state index contributed by atoms with van der Waals surface area (Å²) in [6, 6.07) is 0. The lowest BCUT2D eigenvalue weighted by Gasteiger charge is -2.50. The topological polar surface area (TPSA) is 40.2 Å². The zero-order valence-corrected chi connectivity index (χ0v) is 18.8. The van der Waals surface area contributed by atoms with E-state index in [9.17, 15) is 0 Å². The van der Waals surface area contributed by atoms with E-state index in [1.54, 1.807) is 5.57 Å². The second-order valence-corrected chi connectivity index (χ2v) is 15.7. The first kappa shape index (κ1) is 18.2. The molecule has 2 saturated carbocycles. The first-order valence-electron chi connectivity index (χ1n) is 11.3. The van der Waals surface area contributed by atoms with Crippen LogP contribution in [0.2, 0.25) is 19.6 Å². The molecule has 4 aliphatic carbocycles. The van der Waals surface area contributed by atoms with Crippen LogP contribution in [0.25, 0.3) is 0 Å². The molecule has 154 valence electrons. The zero-order valence-electron chi connectivity index (χ0n) is 17.8. The molecular formula is C23H34O4Si. The smallest absolute Gasteiger partial charge is 0.241 e. The van der Waals surface area contributed by atoms with Crippen LogP contribution in [0.1, 0.15) is 51.9 Å². The molecule has 0 radical (unpaired) electrons. The fourth-order valence-corrected chi connectivity index (χ4v) is 8.34. The summed E-state index contributed by atoms with van der Waals surface area (Å²) in [4.78, 5) is 0. The highest BCUT2D eigenvalue weighted by Crippen LogP contribution is 2.73. The molecule has 0 aromatic rings. The summed E-state index contributed by atoms with van der Waals surface area (Å²) < 4.78 is 25.4. The van der Waals surface area contributed by atoms with Gasteiger partial charge in [0, 0.05) is 18.3 Å². The van der Waals surface area contributed by atoms with E-state index in [-0.39, 0.29) is 22.4 Å². The summed E-state index contributed by atoms with van der Waals surface area (Å²) in [5.41, 5.74) is 1.76. The number of fused-ring (bicyclic) bond motifs is 3. The van der Waals surface area contributed by atoms with Crippen LogP contribution in [-0.4, -0.2) is 38.5 Å². The van der Waals surface area contributed by atoms with Crippen LogP contribution in [0.15, 0.2) is 23.5 Å². The average Bonchev–Trinajstić information content (AvgIpc) is 2.91. The molecule has 6 rings (SSSR count). The van der Waals surface area contributed by atoms with E-state index in [1.807, 2.05) is 0 Å². The largest absolute Gasteiger partial charge is 0.547 e. The van der Waals surface area contributed by atoms with Gasteiger partial charge in [-0.1, -0.05) is 13.0 Å². The average molecular weight is 403 g/mol. The summed E-state index contributed by atoms with van der Waals surface area (Å²) in [6.07, 6.45) is 12.6. The molecule has 0 amide bonds. The molecule has 2 heterocycles. The van der Waals surface area contributed by atoms with Gasteiger partial charge in [0.25, 0.3) is 0 Å². The second kappa shape index (κ2) is 5.34. The van der Waals surface area contributed by atoms with Crippen molar-refractivity contribution in [3.05, 3.63) is 23.5 Å². The van der Waals surface area contributed by atoms with Crippen molar-refractivity contribution in [2.75, 3.05) is 13.2 Å². The molecule has 1 unspecified atom stereocenters. The zero-order chi connectivity index (χ0) is 19.4. The van der Waals surface area contributed by atoms with Crippen molar-refractivity contribution in [1.82, 2.24) is 0 Å². The number of epoxide rings is 1. The third-order valence-electron chi connectivity index (χ3n) is 8.60. The molecule has 1 spiro atoms. The van der Waals surface area contributed by atoms with Crippen molar-refractivity contribution in [3.8, 4) is 0 Å². The quantitative estimate of drug-likeness (QED) is 0.373. The third-order valence-corrected chi connectivity index (χ3v) is 9.43. The van der Waals surface area contributed by atoms with Gasteiger partial charge in [-0.3, -0.25) is 0 Å². The predicted octanol–water partition coefficient (Wildman–Crippen LogP) is 4.92. The maximum atomic E-state index is 6.69. The lowest BCUT2D eigenvalue weighted by molar-refractivity contribution is -0.185. The fourth-order valence-electron chi connectivity index (χ4n) is 7.36. The van der Waals surface area contributed by atoms with Crippen molar-refractivity contribution in [2.45, 2.75) is 88.5 Å². The molecular weight excluding hydrogens is 368 g/mol. The van der Waals surface area contributed by atoms with Crippen molar-refractivity contribution < 1.29 is 18.6 Å². The minimum atomic E-state index is -1.58. The Balaban J connectivity index is 1.29. The predicted molar refractivity (Wildman–Crippen MR) is 109 cm³/mol. The Labute approximate surface area is 169 Å². The summed E-state index contributed by atoms with van der Waals surface area (Å²) in [6.45, 7) is 10.8. The molecule has 4 fully saturated rings. The minimum Gasteiger partial charge on any atom is -0.547 e. The molecule has 2 aliphatic heterocycles. The Morgan fingerprint density at radius 1 is 1.07 bits per heavy atom. The van der Waals surface area contributed by atoms with Gasteiger partial charge < -0.3 is 18.6 Å². The van der Waals surface area contributed by atoms with Crippen LogP contribution in [0.3, 0.4) is 0 Å². The Morgan fingerprint density at radius 3 is 2.61 bits per heavy atom. The van der Waals surface area contributed by atoms with Gasteiger partial charge in [0.15, 0.2) is 5.79 Å². The van der Waals surface area contributed by atoms with Crippen molar-refractivity contribution in [3.63, 3.8) is 0 Å². The fraction of sp³-hybridized carbons (Fsp3) is 0.826. The molecule has 0 aromatic carbocycles. The van der Waals surface area contributed by atoms with Crippen molar-refractivity contribution in [2.24, 2.45) is 17.3 Å². The van der Waals surface area contributed by atoms with Gasteiger partial charge in [0.1, 0.15) is 11.2 Å². The van der Waals surface area contributed by atoms with Gasteiger partial charge in [0.2, 0.25) is 8.32 Å². The number of ether oxygens (including phenoxy) is 3. The van der Waals surface area contributed by atoms with Gasteiger partial charge in [-0.15, -0.1) is 0 Å². The standard InChI is InChI=1S/C23H34O4Si/c1-20-9-8-18-16(17(20)5-6-19(20)26-28(2,3)4)7-10-21-15-22(24-13-14-25-22)11-12-23(18,21)27-21/h6,8,16-17H,5,7,9-15H2,1-4H3/t16-,17-,20-,21?,23-/m0/s1. The maximum Gasteiger partial charge on any atom is 0.241 e. The van der Waals surface area contributed by atoms with Crippen molar-refractivity contribution >= 4 is 8.32 Å². The van der Waals surface area contributed by atoms with E-state index in [1.165, 1.54) is 12.2 Å². The highest BCUT2D eigenvalue weighted by atomic mass is 28.4. The molecule has 0 N–H and O–H groups in total. The van der Waals surface area contributed by atoms with Gasteiger partial charge in [-0.25, -0.2) is 0 Å². The Bertz CT molecular complexity index is 776. The van der Waals surface area contributed by atoms with E-state index >= 15 is 0 Å². The summed E-state index contributed by atoms with van der Waals surface area (Å²) >= 11 is 0. The van der Waals surface area contributed by atoms with Gasteiger partial charge in [-0.05, 0) is 75.2 Å². The third kappa shape index (κ3) is 2.22. The molecule has 28 heavy (non-hydrogen) atoms. The number of allylic oxidation sites excluding steroid dienone is 3. The lowest BCUT2D eigenvalue weighted by Crippen LogP contribution is -2.51. The molecule has 5 heteroatoms. The first-order chi connectivity index (χ1) is 13.2. The summed E-state index contributed by atoms with van der Waals surface area (Å²) in [7, 11) is -1.58. The number of hydrogen-bond acceptors (Lipinski definition) is 4. The summed E-state index contributed by atoms with van der Waals surface area (Å²) in [5.74, 6) is 2.25. The van der Waals surface area contributed by atoms with E-state index in [2.05, 4.69) is 38.7 Å². The van der Waals surface area contributed by atoms with E-state index in [0.29, 0.717) is 11.8 Å². The molecule has 5 atom stereocenters. The van der Waals surface area contributed by atoms with Crippen LogP contribution in [0, 0.1) is 17.3 Å². The number of rotatable bonds is 2. The normalized spacial score (nSPS) is 48.1. The summed E-state index contributed by atoms with van der Waals surface area (Å²) in [5, 5.41) is 0. The maximum absolute atomic E-state index is 6.69. The Kier molecular flexibility index (Phi) is 3.47. The monoisotopic (exact) mass is 402 g/mol. The van der Waals surface area contributed by atoms with E-state index in [0.717, 1.165) is 51.7 Å². The van der Waals surface area contributed by atoms with Gasteiger partial charge in [0.05, 0.1) is 19.0 Å². The van der Waals surface area contributed by atoms with Crippen LogP contribution < -0.4 is 0 Å². The molecule has 2 saturated heterocycles. The van der Waals surface area contributed by atoms with Crippen molar-refractivity contribution in [1.29, 1.82) is 0 Å². The highest BCUT2D eigenvalue weighted by molar-refractivity contribution is 6.70. The van der Waals surface area contributed by atoms with E-state index < -0.39 is 8.32 Å². The molecule has 4 nitrogen and oxygen atoms in total. The van der Waals surface area contributed by atoms with Crippen LogP contribution >= 0.6 is 0 Å². The van der Waals surface area contributed by atoms with Gasteiger partial charge >= 0.3 is 0 Å².